The smallest absolute Gasteiger partial charge is 0.334 e. The Hall–Kier alpha value is -1.52. The summed E-state index contributed by atoms with van der Waals surface area (Å²) >= 11 is 0. The molecule has 0 N–H and O–H groups in total. The molecule has 0 saturated heterocycles. The first kappa shape index (κ1) is 15.5. The van der Waals surface area contributed by atoms with Crippen LogP contribution in [0.2, 0.25) is 0 Å². The van der Waals surface area contributed by atoms with Gasteiger partial charge in [0.05, 0.1) is 0 Å². The molecule has 1 aromatic rings. The molecule has 0 fully saturated rings. The maximum atomic E-state index is 12.3. The van der Waals surface area contributed by atoms with E-state index in [2.05, 4.69) is 0 Å². The van der Waals surface area contributed by atoms with Crippen LogP contribution in [0.5, 0.6) is 0 Å². The van der Waals surface area contributed by atoms with Crippen molar-refractivity contribution in [2.75, 3.05) is 13.1 Å². The van der Waals surface area contributed by atoms with E-state index >= 15 is 0 Å². The Labute approximate surface area is 111 Å². The number of amides is 1. The molecule has 2 nitrogen and oxygen atoms in total. The number of alkyl halides is 3. The van der Waals surface area contributed by atoms with E-state index in [1.54, 1.807) is 6.92 Å². The second-order valence-electron chi connectivity index (χ2n) is 4.51. The number of aryl methyl sites for hydroxylation is 2. The first-order valence-corrected chi connectivity index (χ1v) is 6.22. The van der Waals surface area contributed by atoms with Crippen molar-refractivity contribution in [1.82, 2.24) is 4.90 Å². The molecule has 0 unspecified atom stereocenters. The minimum Gasteiger partial charge on any atom is -0.334 e. The Morgan fingerprint density at radius 3 is 2.53 bits per heavy atom. The van der Waals surface area contributed by atoms with Crippen molar-refractivity contribution in [1.29, 1.82) is 0 Å². The molecule has 0 aliphatic carbocycles. The third-order valence-corrected chi connectivity index (χ3v) is 2.81. The zero-order valence-corrected chi connectivity index (χ0v) is 11.1. The summed E-state index contributed by atoms with van der Waals surface area (Å²) in [5, 5.41) is 0. The Kier molecular flexibility index (Phi) is 5.39. The van der Waals surface area contributed by atoms with Gasteiger partial charge in [-0.2, -0.15) is 13.2 Å². The van der Waals surface area contributed by atoms with Gasteiger partial charge in [0.25, 0.3) is 0 Å². The Bertz CT molecular complexity index is 429. The molecule has 1 aromatic carbocycles. The number of nitrogens with zero attached hydrogens (tertiary/aromatic N) is 1. The van der Waals surface area contributed by atoms with Gasteiger partial charge in [0, 0.05) is 13.0 Å². The van der Waals surface area contributed by atoms with Crippen molar-refractivity contribution < 1.29 is 18.0 Å². The normalized spacial score (nSPS) is 11.4. The van der Waals surface area contributed by atoms with Gasteiger partial charge < -0.3 is 4.90 Å². The topological polar surface area (TPSA) is 20.3 Å². The molecule has 0 radical (unpaired) electrons. The van der Waals surface area contributed by atoms with Gasteiger partial charge in [0.2, 0.25) is 5.91 Å². The van der Waals surface area contributed by atoms with Crippen LogP contribution in [-0.4, -0.2) is 30.1 Å². The van der Waals surface area contributed by atoms with Gasteiger partial charge in [-0.25, -0.2) is 0 Å². The van der Waals surface area contributed by atoms with Crippen molar-refractivity contribution >= 4 is 5.91 Å². The van der Waals surface area contributed by atoms with Crippen LogP contribution in [0.4, 0.5) is 13.2 Å². The van der Waals surface area contributed by atoms with Crippen molar-refractivity contribution in [2.45, 2.75) is 32.9 Å². The zero-order valence-electron chi connectivity index (χ0n) is 11.1. The highest BCUT2D eigenvalue weighted by atomic mass is 19.4. The van der Waals surface area contributed by atoms with Crippen LogP contribution in [-0.2, 0) is 11.2 Å². The number of carbonyl (C=O) groups is 1. The van der Waals surface area contributed by atoms with E-state index in [9.17, 15) is 18.0 Å². The zero-order chi connectivity index (χ0) is 14.5. The summed E-state index contributed by atoms with van der Waals surface area (Å²) in [5.74, 6) is -0.457. The second-order valence-corrected chi connectivity index (χ2v) is 4.51. The molecule has 1 amide bonds. The third kappa shape index (κ3) is 5.77. The molecule has 0 aliphatic rings. The number of benzene rings is 1. The lowest BCUT2D eigenvalue weighted by molar-refractivity contribution is -0.160. The van der Waals surface area contributed by atoms with Gasteiger partial charge in [-0.1, -0.05) is 29.8 Å². The number of hydrogen-bond acceptors (Lipinski definition) is 1. The fourth-order valence-corrected chi connectivity index (χ4v) is 1.87. The van der Waals surface area contributed by atoms with Crippen LogP contribution in [0.15, 0.2) is 24.3 Å². The van der Waals surface area contributed by atoms with Crippen LogP contribution in [0.25, 0.3) is 0 Å². The summed E-state index contributed by atoms with van der Waals surface area (Å²) in [4.78, 5) is 12.6. The predicted molar refractivity (Wildman–Crippen MR) is 67.8 cm³/mol. The SMILES string of the molecule is CCN(CC(F)(F)F)C(=O)CCc1cccc(C)c1. The van der Waals surface area contributed by atoms with Crippen molar-refractivity contribution in [3.8, 4) is 0 Å². The summed E-state index contributed by atoms with van der Waals surface area (Å²) in [6.07, 6.45) is -3.77. The van der Waals surface area contributed by atoms with E-state index in [4.69, 9.17) is 0 Å². The van der Waals surface area contributed by atoms with E-state index < -0.39 is 18.6 Å². The van der Waals surface area contributed by atoms with Crippen molar-refractivity contribution in [3.63, 3.8) is 0 Å². The summed E-state index contributed by atoms with van der Waals surface area (Å²) in [6.45, 7) is 2.39. The summed E-state index contributed by atoms with van der Waals surface area (Å²) in [6, 6.07) is 7.63. The van der Waals surface area contributed by atoms with E-state index in [1.165, 1.54) is 0 Å². The Balaban J connectivity index is 2.54. The van der Waals surface area contributed by atoms with E-state index in [-0.39, 0.29) is 13.0 Å². The van der Waals surface area contributed by atoms with Crippen LogP contribution < -0.4 is 0 Å². The molecule has 0 atom stereocenters. The van der Waals surface area contributed by atoms with Crippen LogP contribution in [0.1, 0.15) is 24.5 Å². The molecule has 5 heteroatoms. The lowest BCUT2D eigenvalue weighted by Gasteiger charge is -2.22. The fraction of sp³-hybridized carbons (Fsp3) is 0.500. The summed E-state index contributed by atoms with van der Waals surface area (Å²) in [7, 11) is 0. The highest BCUT2D eigenvalue weighted by Gasteiger charge is 2.31. The first-order chi connectivity index (χ1) is 8.81. The van der Waals surface area contributed by atoms with E-state index in [1.807, 2.05) is 31.2 Å². The maximum Gasteiger partial charge on any atom is 0.406 e. The maximum absolute atomic E-state index is 12.3. The molecule has 0 aromatic heterocycles. The minimum atomic E-state index is -4.34. The van der Waals surface area contributed by atoms with Crippen molar-refractivity contribution in [3.05, 3.63) is 35.4 Å². The van der Waals surface area contributed by atoms with Crippen molar-refractivity contribution in [2.24, 2.45) is 0 Å². The van der Waals surface area contributed by atoms with E-state index in [0.717, 1.165) is 16.0 Å². The monoisotopic (exact) mass is 273 g/mol. The number of rotatable bonds is 5. The molecular weight excluding hydrogens is 255 g/mol. The standard InChI is InChI=1S/C14H18F3NO/c1-3-18(10-14(15,16)17)13(19)8-7-12-6-4-5-11(2)9-12/h4-6,9H,3,7-8,10H2,1-2H3. The van der Waals surface area contributed by atoms with Gasteiger partial charge in [-0.05, 0) is 25.8 Å². The number of hydrogen-bond donors (Lipinski definition) is 0. The molecule has 1 rings (SSSR count). The Morgan fingerprint density at radius 2 is 2.00 bits per heavy atom. The average Bonchev–Trinajstić information content (AvgIpc) is 2.32. The molecule has 106 valence electrons. The molecule has 0 bridgehead atoms. The number of halogens is 3. The molecule has 0 aliphatic heterocycles. The van der Waals surface area contributed by atoms with Gasteiger partial charge in [0.15, 0.2) is 0 Å². The fourth-order valence-electron chi connectivity index (χ4n) is 1.87. The van der Waals surface area contributed by atoms with Crippen LogP contribution in [0.3, 0.4) is 0 Å². The Morgan fingerprint density at radius 1 is 1.32 bits per heavy atom. The molecule has 0 heterocycles. The summed E-state index contributed by atoms with van der Waals surface area (Å²) < 4.78 is 36.8. The van der Waals surface area contributed by atoms with E-state index in [0.29, 0.717) is 6.42 Å². The van der Waals surface area contributed by atoms with Crippen LogP contribution in [0, 0.1) is 6.92 Å². The number of carbonyl (C=O) groups excluding carboxylic acids is 1. The highest BCUT2D eigenvalue weighted by Crippen LogP contribution is 2.17. The van der Waals surface area contributed by atoms with Gasteiger partial charge in [-0.15, -0.1) is 0 Å². The minimum absolute atomic E-state index is 0.0756. The lowest BCUT2D eigenvalue weighted by atomic mass is 10.1. The summed E-state index contributed by atoms with van der Waals surface area (Å²) in [5.41, 5.74) is 2.05. The molecule has 19 heavy (non-hydrogen) atoms. The predicted octanol–water partition coefficient (Wildman–Crippen LogP) is 3.34. The lowest BCUT2D eigenvalue weighted by Crippen LogP contribution is -2.38. The largest absolute Gasteiger partial charge is 0.406 e. The van der Waals surface area contributed by atoms with Gasteiger partial charge in [0.1, 0.15) is 6.54 Å². The van der Waals surface area contributed by atoms with Gasteiger partial charge >= 0.3 is 6.18 Å². The molecule has 0 spiro atoms. The second kappa shape index (κ2) is 6.59. The average molecular weight is 273 g/mol. The molecule has 0 saturated carbocycles. The third-order valence-electron chi connectivity index (χ3n) is 2.81. The first-order valence-electron chi connectivity index (χ1n) is 6.22. The van der Waals surface area contributed by atoms with Crippen LogP contribution >= 0.6 is 0 Å². The quantitative estimate of drug-likeness (QED) is 0.805. The highest BCUT2D eigenvalue weighted by molar-refractivity contribution is 5.76. The molecular formula is C14H18F3NO. The van der Waals surface area contributed by atoms with Gasteiger partial charge in [-0.3, -0.25) is 4.79 Å².